The molecule has 0 radical (unpaired) electrons. The van der Waals surface area contributed by atoms with Gasteiger partial charge in [0.25, 0.3) is 0 Å². The predicted octanol–water partition coefficient (Wildman–Crippen LogP) is -1.07. The molecule has 0 aromatic heterocycles. The van der Waals surface area contributed by atoms with Crippen LogP contribution in [0.15, 0.2) is 5.16 Å². The van der Waals surface area contributed by atoms with E-state index in [4.69, 9.17) is 9.47 Å². The first-order chi connectivity index (χ1) is 4.68. The van der Waals surface area contributed by atoms with Crippen molar-refractivity contribution in [2.24, 2.45) is 5.16 Å². The molecule has 0 aliphatic rings. The van der Waals surface area contributed by atoms with E-state index in [9.17, 15) is 0 Å². The molecule has 0 bridgehead atoms. The van der Waals surface area contributed by atoms with Gasteiger partial charge in [-0.05, 0) is 0 Å². The molecule has 0 unspecified atom stereocenters. The van der Waals surface area contributed by atoms with Gasteiger partial charge in [0.2, 0.25) is 0 Å². The van der Waals surface area contributed by atoms with Crippen molar-refractivity contribution in [2.75, 3.05) is 21.3 Å². The van der Waals surface area contributed by atoms with Gasteiger partial charge in [-0.15, -0.1) is 0 Å². The summed E-state index contributed by atoms with van der Waals surface area (Å²) in [6.07, 6.45) is 1.50. The van der Waals surface area contributed by atoms with Crippen molar-refractivity contribution in [1.82, 2.24) is 0 Å². The number of methoxy groups -OCH3 is 2. The maximum Gasteiger partial charge on any atom is 0.178 e. The van der Waals surface area contributed by atoms with Gasteiger partial charge in [0.05, 0.1) is 16.5 Å². The highest BCUT2D eigenvalue weighted by atomic mass is 28.1. The Morgan fingerprint density at radius 1 is 1.30 bits per heavy atom. The molecule has 0 atom stereocenters. The van der Waals surface area contributed by atoms with Gasteiger partial charge in [-0.1, -0.05) is 5.16 Å². The standard InChI is InChI=1S/C5H13NO3Si/c1-7-5(10,8-2)4-6-9-3/h4H,1-3,10H3. The summed E-state index contributed by atoms with van der Waals surface area (Å²) in [7, 11) is 5.32. The Hall–Kier alpha value is -0.393. The third kappa shape index (κ3) is 2.95. The van der Waals surface area contributed by atoms with Crippen molar-refractivity contribution >= 4 is 16.5 Å². The summed E-state index contributed by atoms with van der Waals surface area (Å²) in [5, 5.41) is 3.55. The van der Waals surface area contributed by atoms with E-state index < -0.39 is 5.41 Å². The highest BCUT2D eigenvalue weighted by molar-refractivity contribution is 6.22. The molecule has 0 saturated carbocycles. The Labute approximate surface area is 63.6 Å². The Morgan fingerprint density at radius 2 is 1.80 bits per heavy atom. The second kappa shape index (κ2) is 4.43. The fourth-order valence-electron chi connectivity index (χ4n) is 0.337. The van der Waals surface area contributed by atoms with Gasteiger partial charge in [0, 0.05) is 14.2 Å². The molecule has 60 valence electrons. The first-order valence-corrected chi connectivity index (χ1v) is 3.86. The monoisotopic (exact) mass is 163 g/mol. The minimum atomic E-state index is -0.643. The Balaban J connectivity index is 3.92. The molecule has 0 aromatic rings. The molecule has 0 saturated heterocycles. The van der Waals surface area contributed by atoms with Gasteiger partial charge in [-0.2, -0.15) is 0 Å². The summed E-state index contributed by atoms with van der Waals surface area (Å²) in [5.74, 6) is 0. The number of hydrogen-bond acceptors (Lipinski definition) is 4. The minimum absolute atomic E-state index is 0.643. The molecular formula is C5H13NO3Si. The number of rotatable bonds is 4. The second-order valence-corrected chi connectivity index (χ2v) is 3.24. The molecule has 4 nitrogen and oxygen atoms in total. The molecule has 0 rings (SSSR count). The van der Waals surface area contributed by atoms with Crippen LogP contribution < -0.4 is 0 Å². The van der Waals surface area contributed by atoms with Crippen molar-refractivity contribution in [3.05, 3.63) is 0 Å². The van der Waals surface area contributed by atoms with Crippen molar-refractivity contribution in [2.45, 2.75) is 5.41 Å². The van der Waals surface area contributed by atoms with Gasteiger partial charge in [-0.3, -0.25) is 0 Å². The SMILES string of the molecule is CON=CC([SiH3])(OC)OC. The van der Waals surface area contributed by atoms with Crippen LogP contribution in [0.3, 0.4) is 0 Å². The van der Waals surface area contributed by atoms with Crippen molar-refractivity contribution in [3.63, 3.8) is 0 Å². The van der Waals surface area contributed by atoms with Crippen LogP contribution in [0.1, 0.15) is 0 Å². The molecule has 0 amide bonds. The number of hydrogen-bond donors (Lipinski definition) is 0. The van der Waals surface area contributed by atoms with Gasteiger partial charge in [0.1, 0.15) is 7.11 Å². The summed E-state index contributed by atoms with van der Waals surface area (Å²) in [5.41, 5.74) is -0.643. The lowest BCUT2D eigenvalue weighted by molar-refractivity contribution is -0.0872. The molecule has 0 aromatic carbocycles. The summed E-state index contributed by atoms with van der Waals surface area (Å²) < 4.78 is 10.00. The summed E-state index contributed by atoms with van der Waals surface area (Å²) in [4.78, 5) is 4.47. The van der Waals surface area contributed by atoms with E-state index in [-0.39, 0.29) is 0 Å². The maximum absolute atomic E-state index is 5.00. The average molecular weight is 163 g/mol. The van der Waals surface area contributed by atoms with Crippen LogP contribution in [-0.2, 0) is 14.3 Å². The topological polar surface area (TPSA) is 40.0 Å². The highest BCUT2D eigenvalue weighted by Gasteiger charge is 2.18. The van der Waals surface area contributed by atoms with E-state index >= 15 is 0 Å². The number of ether oxygens (including phenoxy) is 2. The average Bonchev–Trinajstić information content (AvgIpc) is 2.00. The smallest absolute Gasteiger partial charge is 0.178 e. The highest BCUT2D eigenvalue weighted by Crippen LogP contribution is 2.00. The molecule has 0 N–H and O–H groups in total. The normalized spacial score (nSPS) is 12.7. The molecular weight excluding hydrogens is 150 g/mol. The molecule has 0 spiro atoms. The van der Waals surface area contributed by atoms with Gasteiger partial charge in [-0.25, -0.2) is 0 Å². The van der Waals surface area contributed by atoms with Crippen LogP contribution in [0.25, 0.3) is 0 Å². The van der Waals surface area contributed by atoms with E-state index in [1.807, 2.05) is 0 Å². The Bertz CT molecular complexity index is 113. The summed E-state index contributed by atoms with van der Waals surface area (Å²) in [6, 6.07) is 0. The van der Waals surface area contributed by atoms with Gasteiger partial charge < -0.3 is 14.3 Å². The molecule has 0 aliphatic heterocycles. The van der Waals surface area contributed by atoms with Crippen LogP contribution in [0, 0.1) is 0 Å². The zero-order valence-corrected chi connectivity index (χ0v) is 8.75. The lowest BCUT2D eigenvalue weighted by Gasteiger charge is -2.20. The largest absolute Gasteiger partial charge is 0.399 e. The van der Waals surface area contributed by atoms with E-state index in [0.29, 0.717) is 10.2 Å². The van der Waals surface area contributed by atoms with Crippen LogP contribution in [0.4, 0.5) is 0 Å². The Morgan fingerprint density at radius 3 is 2.10 bits per heavy atom. The number of oxime groups is 1. The molecule has 0 fully saturated rings. The minimum Gasteiger partial charge on any atom is -0.399 e. The summed E-state index contributed by atoms with van der Waals surface area (Å²) in [6.45, 7) is 0. The first-order valence-electron chi connectivity index (χ1n) is 2.86. The molecule has 5 heteroatoms. The van der Waals surface area contributed by atoms with E-state index in [2.05, 4.69) is 9.99 Å². The van der Waals surface area contributed by atoms with Crippen molar-refractivity contribution in [3.8, 4) is 0 Å². The van der Waals surface area contributed by atoms with E-state index in [0.717, 1.165) is 0 Å². The lowest BCUT2D eigenvalue weighted by Crippen LogP contribution is -2.35. The van der Waals surface area contributed by atoms with Crippen molar-refractivity contribution in [1.29, 1.82) is 0 Å². The van der Waals surface area contributed by atoms with Gasteiger partial charge in [0.15, 0.2) is 5.41 Å². The molecule has 0 aliphatic carbocycles. The maximum atomic E-state index is 5.00. The zero-order chi connectivity index (χ0) is 8.04. The first kappa shape index (κ1) is 9.61. The van der Waals surface area contributed by atoms with Crippen LogP contribution in [-0.4, -0.2) is 43.2 Å². The van der Waals surface area contributed by atoms with Crippen LogP contribution in [0.2, 0.25) is 0 Å². The predicted molar refractivity (Wildman–Crippen MR) is 42.2 cm³/mol. The van der Waals surface area contributed by atoms with E-state index in [1.54, 1.807) is 14.2 Å². The van der Waals surface area contributed by atoms with Crippen LogP contribution >= 0.6 is 0 Å². The van der Waals surface area contributed by atoms with Crippen molar-refractivity contribution < 1.29 is 14.3 Å². The summed E-state index contributed by atoms with van der Waals surface area (Å²) >= 11 is 0. The quantitative estimate of drug-likeness (QED) is 0.229. The fraction of sp³-hybridized carbons (Fsp3) is 0.800. The van der Waals surface area contributed by atoms with E-state index in [1.165, 1.54) is 13.3 Å². The van der Waals surface area contributed by atoms with Gasteiger partial charge >= 0.3 is 0 Å². The molecule has 0 heterocycles. The Kier molecular flexibility index (Phi) is 4.25. The fourth-order valence-corrected chi connectivity index (χ4v) is 0.443. The lowest BCUT2D eigenvalue weighted by atomic mass is 10.7. The third-order valence-electron chi connectivity index (χ3n) is 1.20. The number of nitrogens with zero attached hydrogens (tertiary/aromatic N) is 1. The second-order valence-electron chi connectivity index (χ2n) is 1.84. The molecule has 10 heavy (non-hydrogen) atoms. The zero-order valence-electron chi connectivity index (χ0n) is 6.75. The van der Waals surface area contributed by atoms with Crippen LogP contribution in [0.5, 0.6) is 0 Å². The third-order valence-corrected chi connectivity index (χ3v) is 2.28.